The molecule has 0 aliphatic heterocycles. The number of halogens is 1. The van der Waals surface area contributed by atoms with E-state index in [4.69, 9.17) is 0 Å². The van der Waals surface area contributed by atoms with Gasteiger partial charge in [-0.3, -0.25) is 4.79 Å². The quantitative estimate of drug-likeness (QED) is 0.778. The molecule has 1 aliphatic carbocycles. The van der Waals surface area contributed by atoms with E-state index >= 15 is 0 Å². The molecular formula is C21H20FN3O. The van der Waals surface area contributed by atoms with Crippen LogP contribution in [-0.2, 0) is 19.4 Å². The molecule has 4 rings (SSSR count). The van der Waals surface area contributed by atoms with Gasteiger partial charge in [-0.25, -0.2) is 9.07 Å². The topological polar surface area (TPSA) is 46.9 Å². The van der Waals surface area contributed by atoms with Crippen LogP contribution < -0.4 is 5.32 Å². The molecule has 0 bridgehead atoms. The molecule has 0 saturated carbocycles. The van der Waals surface area contributed by atoms with Crippen LogP contribution in [-0.4, -0.2) is 15.7 Å². The average Bonchev–Trinajstić information content (AvgIpc) is 3.07. The Morgan fingerprint density at radius 2 is 1.77 bits per heavy atom. The van der Waals surface area contributed by atoms with E-state index in [-0.39, 0.29) is 11.7 Å². The van der Waals surface area contributed by atoms with Gasteiger partial charge in [-0.15, -0.1) is 0 Å². The minimum absolute atomic E-state index is 0.159. The van der Waals surface area contributed by atoms with Crippen molar-refractivity contribution in [1.82, 2.24) is 15.1 Å². The van der Waals surface area contributed by atoms with Gasteiger partial charge in [0, 0.05) is 17.8 Å². The van der Waals surface area contributed by atoms with Crippen molar-refractivity contribution in [3.63, 3.8) is 0 Å². The van der Waals surface area contributed by atoms with Crippen molar-refractivity contribution in [2.24, 2.45) is 0 Å². The van der Waals surface area contributed by atoms with Gasteiger partial charge in [-0.2, -0.15) is 5.10 Å². The zero-order chi connectivity index (χ0) is 17.9. The number of nitrogens with one attached hydrogen (secondary N) is 1. The van der Waals surface area contributed by atoms with Crippen molar-refractivity contribution in [3.05, 3.63) is 82.9 Å². The molecule has 2 aromatic carbocycles. The predicted molar refractivity (Wildman–Crippen MR) is 97.8 cm³/mol. The van der Waals surface area contributed by atoms with Crippen LogP contribution in [0.1, 0.15) is 40.2 Å². The first-order chi connectivity index (χ1) is 12.7. The van der Waals surface area contributed by atoms with Gasteiger partial charge in [-0.1, -0.05) is 30.3 Å². The Balaban J connectivity index is 1.63. The first-order valence-electron chi connectivity index (χ1n) is 8.91. The molecule has 1 heterocycles. The second-order valence-electron chi connectivity index (χ2n) is 6.54. The number of carbonyl (C=O) groups is 1. The number of nitrogens with zero attached hydrogens (tertiary/aromatic N) is 2. The summed E-state index contributed by atoms with van der Waals surface area (Å²) < 4.78 is 15.0. The minimum atomic E-state index is -0.282. The maximum absolute atomic E-state index is 13.2. The van der Waals surface area contributed by atoms with Gasteiger partial charge >= 0.3 is 0 Å². The lowest BCUT2D eigenvalue weighted by Crippen LogP contribution is -2.24. The van der Waals surface area contributed by atoms with E-state index in [0.717, 1.165) is 48.2 Å². The van der Waals surface area contributed by atoms with E-state index in [0.29, 0.717) is 12.2 Å². The maximum Gasteiger partial charge on any atom is 0.272 e. The summed E-state index contributed by atoms with van der Waals surface area (Å²) in [6, 6.07) is 16.0. The fourth-order valence-corrected chi connectivity index (χ4v) is 3.44. The molecule has 26 heavy (non-hydrogen) atoms. The van der Waals surface area contributed by atoms with Crippen molar-refractivity contribution in [3.8, 4) is 5.69 Å². The molecule has 0 fully saturated rings. The number of carbonyl (C=O) groups excluding carboxylic acids is 1. The Morgan fingerprint density at radius 1 is 1.04 bits per heavy atom. The molecule has 0 atom stereocenters. The molecule has 3 aromatic rings. The number of fused-ring (bicyclic) bond motifs is 1. The second-order valence-corrected chi connectivity index (χ2v) is 6.54. The van der Waals surface area contributed by atoms with Crippen molar-refractivity contribution in [2.75, 3.05) is 0 Å². The van der Waals surface area contributed by atoms with Crippen LogP contribution in [0, 0.1) is 5.82 Å². The Kier molecular flexibility index (Phi) is 4.52. The van der Waals surface area contributed by atoms with Crippen LogP contribution in [0.25, 0.3) is 5.69 Å². The summed E-state index contributed by atoms with van der Waals surface area (Å²) >= 11 is 0. The van der Waals surface area contributed by atoms with Crippen molar-refractivity contribution in [1.29, 1.82) is 0 Å². The Labute approximate surface area is 151 Å². The molecule has 0 spiro atoms. The Bertz CT molecular complexity index is 916. The average molecular weight is 349 g/mol. The normalized spacial score (nSPS) is 13.3. The molecule has 5 heteroatoms. The summed E-state index contributed by atoms with van der Waals surface area (Å²) in [4.78, 5) is 12.7. The second kappa shape index (κ2) is 7.12. The number of amides is 1. The van der Waals surface area contributed by atoms with Crippen LogP contribution in [0.5, 0.6) is 0 Å². The standard InChI is InChI=1S/C21H20FN3O/c22-16-10-12-17(13-11-16)25-19-9-5-4-8-18(19)20(24-25)21(26)23-14-15-6-2-1-3-7-15/h1-3,6-7,10-13H,4-5,8-9,14H2,(H,23,26). The van der Waals surface area contributed by atoms with Crippen LogP contribution in [0.3, 0.4) is 0 Å². The smallest absolute Gasteiger partial charge is 0.272 e. The molecule has 4 nitrogen and oxygen atoms in total. The minimum Gasteiger partial charge on any atom is -0.347 e. The van der Waals surface area contributed by atoms with Gasteiger partial charge in [0.2, 0.25) is 0 Å². The van der Waals surface area contributed by atoms with E-state index in [1.807, 2.05) is 30.3 Å². The highest BCUT2D eigenvalue weighted by Gasteiger charge is 2.25. The number of hydrogen-bond acceptors (Lipinski definition) is 2. The summed E-state index contributed by atoms with van der Waals surface area (Å²) in [7, 11) is 0. The van der Waals surface area contributed by atoms with E-state index < -0.39 is 0 Å². The number of rotatable bonds is 4. The summed E-state index contributed by atoms with van der Waals surface area (Å²) in [5.41, 5.74) is 4.40. The van der Waals surface area contributed by atoms with E-state index in [9.17, 15) is 9.18 Å². The summed E-state index contributed by atoms with van der Waals surface area (Å²) in [6.07, 6.45) is 3.86. The van der Waals surface area contributed by atoms with Gasteiger partial charge in [0.1, 0.15) is 5.82 Å². The summed E-state index contributed by atoms with van der Waals surface area (Å²) in [6.45, 7) is 0.470. The fraction of sp³-hybridized carbons (Fsp3) is 0.238. The van der Waals surface area contributed by atoms with E-state index in [2.05, 4.69) is 10.4 Å². The highest BCUT2D eigenvalue weighted by atomic mass is 19.1. The number of benzene rings is 2. The van der Waals surface area contributed by atoms with Crippen molar-refractivity contribution >= 4 is 5.91 Å². The van der Waals surface area contributed by atoms with Crippen LogP contribution in [0.2, 0.25) is 0 Å². The number of hydrogen-bond donors (Lipinski definition) is 1. The molecule has 0 unspecified atom stereocenters. The zero-order valence-corrected chi connectivity index (χ0v) is 14.4. The van der Waals surface area contributed by atoms with E-state index in [1.54, 1.807) is 16.8 Å². The maximum atomic E-state index is 13.2. The molecule has 0 radical (unpaired) electrons. The van der Waals surface area contributed by atoms with Gasteiger partial charge < -0.3 is 5.32 Å². The molecule has 1 N–H and O–H groups in total. The molecule has 1 aromatic heterocycles. The van der Waals surface area contributed by atoms with Crippen LogP contribution in [0.15, 0.2) is 54.6 Å². The van der Waals surface area contributed by atoms with Gasteiger partial charge in [0.15, 0.2) is 5.69 Å². The third-order valence-corrected chi connectivity index (χ3v) is 4.76. The number of aromatic nitrogens is 2. The van der Waals surface area contributed by atoms with E-state index in [1.165, 1.54) is 12.1 Å². The largest absolute Gasteiger partial charge is 0.347 e. The lowest BCUT2D eigenvalue weighted by molar-refractivity contribution is 0.0944. The first kappa shape index (κ1) is 16.5. The molecular weight excluding hydrogens is 329 g/mol. The van der Waals surface area contributed by atoms with Crippen LogP contribution >= 0.6 is 0 Å². The van der Waals surface area contributed by atoms with Crippen molar-refractivity contribution < 1.29 is 9.18 Å². The highest BCUT2D eigenvalue weighted by Crippen LogP contribution is 2.27. The summed E-state index contributed by atoms with van der Waals surface area (Å²) in [5.74, 6) is -0.441. The molecule has 0 saturated heterocycles. The lowest BCUT2D eigenvalue weighted by atomic mass is 9.95. The molecule has 1 aliphatic rings. The van der Waals surface area contributed by atoms with Gasteiger partial charge in [-0.05, 0) is 55.5 Å². The highest BCUT2D eigenvalue weighted by molar-refractivity contribution is 5.94. The van der Waals surface area contributed by atoms with Gasteiger partial charge in [0.05, 0.1) is 5.69 Å². The first-order valence-corrected chi connectivity index (χ1v) is 8.91. The summed E-state index contributed by atoms with van der Waals surface area (Å²) in [5, 5.41) is 7.55. The van der Waals surface area contributed by atoms with Gasteiger partial charge in [0.25, 0.3) is 5.91 Å². The molecule has 1 amide bonds. The third kappa shape index (κ3) is 3.25. The molecule has 132 valence electrons. The van der Waals surface area contributed by atoms with Crippen LogP contribution in [0.4, 0.5) is 4.39 Å². The third-order valence-electron chi connectivity index (χ3n) is 4.76. The van der Waals surface area contributed by atoms with Crippen molar-refractivity contribution in [2.45, 2.75) is 32.2 Å². The zero-order valence-electron chi connectivity index (χ0n) is 14.4. The monoisotopic (exact) mass is 349 g/mol. The lowest BCUT2D eigenvalue weighted by Gasteiger charge is -2.14. The predicted octanol–water partition coefficient (Wildman–Crippen LogP) is 3.82. The Morgan fingerprint density at radius 3 is 2.54 bits per heavy atom. The SMILES string of the molecule is O=C(NCc1ccccc1)c1nn(-c2ccc(F)cc2)c2c1CCCC2. The fourth-order valence-electron chi connectivity index (χ4n) is 3.44. The Hall–Kier alpha value is -2.95.